The molecule has 0 saturated heterocycles. The molecule has 2 aliphatic heterocycles. The molecule has 0 fully saturated rings. The number of nitrogens with zero attached hydrogens (tertiary/aromatic N) is 4. The van der Waals surface area contributed by atoms with Gasteiger partial charge in [-0.05, 0) is 38.3 Å². The molecule has 2 aromatic rings. The van der Waals surface area contributed by atoms with Crippen LogP contribution < -0.4 is 9.80 Å². The Morgan fingerprint density at radius 2 is 1.84 bits per heavy atom. The molecule has 1 aromatic heterocycles. The van der Waals surface area contributed by atoms with E-state index < -0.39 is 0 Å². The summed E-state index contributed by atoms with van der Waals surface area (Å²) in [5.41, 5.74) is 4.10. The van der Waals surface area contributed by atoms with Gasteiger partial charge in [0.2, 0.25) is 5.91 Å². The molecule has 3 heterocycles. The minimum atomic E-state index is -0.0452. The van der Waals surface area contributed by atoms with E-state index in [9.17, 15) is 9.59 Å². The number of benzene rings is 1. The fraction of sp³-hybridized carbons (Fsp3) is 0.421. The number of hydrogen-bond donors (Lipinski definition) is 0. The molecule has 0 aliphatic carbocycles. The number of amides is 2. The van der Waals surface area contributed by atoms with Crippen LogP contribution >= 0.6 is 0 Å². The third-order valence-electron chi connectivity index (χ3n) is 5.18. The average Bonchev–Trinajstić information content (AvgIpc) is 2.90. The Morgan fingerprint density at radius 1 is 1.08 bits per heavy atom. The highest BCUT2D eigenvalue weighted by molar-refractivity contribution is 6.12. The predicted molar refractivity (Wildman–Crippen MR) is 96.0 cm³/mol. The molecule has 0 unspecified atom stereocenters. The second kappa shape index (κ2) is 6.02. The van der Waals surface area contributed by atoms with E-state index in [-0.39, 0.29) is 11.8 Å². The third-order valence-corrected chi connectivity index (χ3v) is 5.18. The number of rotatable bonds is 1. The molecule has 0 saturated carbocycles. The molecule has 0 N–H and O–H groups in total. The van der Waals surface area contributed by atoms with Crippen LogP contribution in [0.5, 0.6) is 0 Å². The van der Waals surface area contributed by atoms with Gasteiger partial charge in [0.25, 0.3) is 5.91 Å². The van der Waals surface area contributed by atoms with Crippen LogP contribution in [0.2, 0.25) is 0 Å². The van der Waals surface area contributed by atoms with Crippen molar-refractivity contribution in [1.29, 1.82) is 0 Å². The van der Waals surface area contributed by atoms with Crippen LogP contribution in [0.3, 0.4) is 0 Å². The van der Waals surface area contributed by atoms with Gasteiger partial charge in [0.05, 0.1) is 28.3 Å². The van der Waals surface area contributed by atoms with Crippen LogP contribution in [0.1, 0.15) is 41.0 Å². The van der Waals surface area contributed by atoms with Gasteiger partial charge in [-0.2, -0.15) is 5.10 Å². The SMILES string of the molecule is Cc1nn2c(c1C(=O)N1CCC(=O)N(C)c3ccccc31)CCCC2. The van der Waals surface area contributed by atoms with E-state index in [1.165, 1.54) is 0 Å². The lowest BCUT2D eigenvalue weighted by molar-refractivity contribution is -0.118. The molecule has 0 bridgehead atoms. The second-order valence-corrected chi connectivity index (χ2v) is 6.74. The first-order valence-electron chi connectivity index (χ1n) is 8.81. The molecule has 6 heteroatoms. The predicted octanol–water partition coefficient (Wildman–Crippen LogP) is 2.54. The fourth-order valence-electron chi connectivity index (χ4n) is 3.85. The first kappa shape index (κ1) is 15.9. The molecule has 0 radical (unpaired) electrons. The Bertz CT molecular complexity index is 855. The first-order valence-corrected chi connectivity index (χ1v) is 8.81. The smallest absolute Gasteiger partial charge is 0.262 e. The Balaban J connectivity index is 1.80. The number of carbonyl (C=O) groups excluding carboxylic acids is 2. The van der Waals surface area contributed by atoms with Crippen LogP contribution in [-0.4, -0.2) is 35.2 Å². The van der Waals surface area contributed by atoms with Gasteiger partial charge in [0, 0.05) is 26.6 Å². The summed E-state index contributed by atoms with van der Waals surface area (Å²) in [6, 6.07) is 7.60. The van der Waals surface area contributed by atoms with Crippen LogP contribution in [0, 0.1) is 6.92 Å². The minimum absolute atomic E-state index is 0.0245. The molecule has 1 aromatic carbocycles. The normalized spacial score (nSPS) is 17.1. The zero-order valence-corrected chi connectivity index (χ0v) is 14.7. The van der Waals surface area contributed by atoms with E-state index in [4.69, 9.17) is 0 Å². The lowest BCUT2D eigenvalue weighted by Gasteiger charge is -2.24. The second-order valence-electron chi connectivity index (χ2n) is 6.74. The number of anilines is 2. The number of hydrogen-bond acceptors (Lipinski definition) is 3. The summed E-state index contributed by atoms with van der Waals surface area (Å²) >= 11 is 0. The zero-order valence-electron chi connectivity index (χ0n) is 14.7. The third kappa shape index (κ3) is 2.52. The van der Waals surface area contributed by atoms with E-state index in [1.54, 1.807) is 16.8 Å². The van der Waals surface area contributed by atoms with E-state index in [0.717, 1.165) is 48.6 Å². The number of para-hydroxylation sites is 2. The zero-order chi connectivity index (χ0) is 17.6. The first-order chi connectivity index (χ1) is 12.1. The van der Waals surface area contributed by atoms with Crippen LogP contribution in [0.25, 0.3) is 0 Å². The van der Waals surface area contributed by atoms with E-state index in [0.29, 0.717) is 18.5 Å². The van der Waals surface area contributed by atoms with Crippen molar-refractivity contribution in [1.82, 2.24) is 9.78 Å². The van der Waals surface area contributed by atoms with Crippen molar-refractivity contribution in [3.05, 3.63) is 41.2 Å². The Hall–Kier alpha value is -2.63. The summed E-state index contributed by atoms with van der Waals surface area (Å²) in [4.78, 5) is 29.1. The minimum Gasteiger partial charge on any atom is -0.313 e. The summed E-state index contributed by atoms with van der Waals surface area (Å²) in [6.45, 7) is 3.17. The topological polar surface area (TPSA) is 58.4 Å². The summed E-state index contributed by atoms with van der Waals surface area (Å²) in [6.07, 6.45) is 3.40. The van der Waals surface area contributed by atoms with Gasteiger partial charge in [-0.3, -0.25) is 14.3 Å². The maximum atomic E-state index is 13.4. The van der Waals surface area contributed by atoms with Gasteiger partial charge in [-0.15, -0.1) is 0 Å². The molecule has 6 nitrogen and oxygen atoms in total. The molecular formula is C19H22N4O2. The highest BCUT2D eigenvalue weighted by atomic mass is 16.2. The van der Waals surface area contributed by atoms with Gasteiger partial charge >= 0.3 is 0 Å². The molecular weight excluding hydrogens is 316 g/mol. The van der Waals surface area contributed by atoms with Gasteiger partial charge in [-0.25, -0.2) is 0 Å². The highest BCUT2D eigenvalue weighted by Gasteiger charge is 2.32. The summed E-state index contributed by atoms with van der Waals surface area (Å²) < 4.78 is 1.98. The Morgan fingerprint density at radius 3 is 2.64 bits per heavy atom. The van der Waals surface area contributed by atoms with Crippen molar-refractivity contribution < 1.29 is 9.59 Å². The van der Waals surface area contributed by atoms with Crippen molar-refractivity contribution in [2.75, 3.05) is 23.4 Å². The lowest BCUT2D eigenvalue weighted by atomic mass is 10.0. The molecule has 2 amide bonds. The van der Waals surface area contributed by atoms with Gasteiger partial charge in [0.1, 0.15) is 0 Å². The Labute approximate surface area is 147 Å². The molecule has 25 heavy (non-hydrogen) atoms. The van der Waals surface area contributed by atoms with E-state index in [2.05, 4.69) is 5.10 Å². The molecule has 0 atom stereocenters. The number of aromatic nitrogens is 2. The van der Waals surface area contributed by atoms with Crippen molar-refractivity contribution in [2.45, 2.75) is 39.2 Å². The van der Waals surface area contributed by atoms with Gasteiger partial charge in [-0.1, -0.05) is 12.1 Å². The van der Waals surface area contributed by atoms with Gasteiger partial charge < -0.3 is 9.80 Å². The largest absolute Gasteiger partial charge is 0.313 e. The highest BCUT2D eigenvalue weighted by Crippen LogP contribution is 2.34. The number of carbonyl (C=O) groups is 2. The molecule has 130 valence electrons. The monoisotopic (exact) mass is 338 g/mol. The van der Waals surface area contributed by atoms with Crippen molar-refractivity contribution >= 4 is 23.2 Å². The maximum absolute atomic E-state index is 13.4. The van der Waals surface area contributed by atoms with Crippen molar-refractivity contribution in [3.8, 4) is 0 Å². The fourth-order valence-corrected chi connectivity index (χ4v) is 3.85. The van der Waals surface area contributed by atoms with Crippen molar-refractivity contribution in [3.63, 3.8) is 0 Å². The molecule has 2 aliphatic rings. The average molecular weight is 338 g/mol. The standard InChI is InChI=1S/C19H22N4O2/c1-13-18(16-9-5-6-11-23(16)20-13)19(25)22-12-10-17(24)21(2)14-7-3-4-8-15(14)22/h3-4,7-8H,5-6,9-12H2,1-2H3. The van der Waals surface area contributed by atoms with Crippen LogP contribution in [-0.2, 0) is 17.8 Å². The van der Waals surface area contributed by atoms with Crippen LogP contribution in [0.15, 0.2) is 24.3 Å². The molecule has 4 rings (SSSR count). The maximum Gasteiger partial charge on any atom is 0.262 e. The molecule has 0 spiro atoms. The van der Waals surface area contributed by atoms with Crippen molar-refractivity contribution in [2.24, 2.45) is 0 Å². The summed E-state index contributed by atoms with van der Waals surface area (Å²) in [5, 5.41) is 4.57. The quantitative estimate of drug-likeness (QED) is 0.803. The van der Waals surface area contributed by atoms with E-state index >= 15 is 0 Å². The van der Waals surface area contributed by atoms with E-state index in [1.807, 2.05) is 35.9 Å². The summed E-state index contributed by atoms with van der Waals surface area (Å²) in [7, 11) is 1.77. The number of fused-ring (bicyclic) bond motifs is 2. The Kier molecular flexibility index (Phi) is 3.82. The summed E-state index contributed by atoms with van der Waals surface area (Å²) in [5.74, 6) is -0.0206. The van der Waals surface area contributed by atoms with Gasteiger partial charge in [0.15, 0.2) is 0 Å². The lowest BCUT2D eigenvalue weighted by Crippen LogP contribution is -2.33. The van der Waals surface area contributed by atoms with Crippen LogP contribution in [0.4, 0.5) is 11.4 Å². The number of aryl methyl sites for hydroxylation is 2.